The van der Waals surface area contributed by atoms with Crippen LogP contribution in [0.1, 0.15) is 43.0 Å². The van der Waals surface area contributed by atoms with Crippen molar-refractivity contribution in [1.82, 2.24) is 24.9 Å². The van der Waals surface area contributed by atoms with Gasteiger partial charge in [0.1, 0.15) is 6.54 Å². The zero-order valence-electron chi connectivity index (χ0n) is 16.5. The molecule has 0 radical (unpaired) electrons. The second-order valence-corrected chi connectivity index (χ2v) is 8.37. The summed E-state index contributed by atoms with van der Waals surface area (Å²) >= 11 is 0. The molecule has 1 amide bonds. The molecule has 2 fully saturated rings. The van der Waals surface area contributed by atoms with Crippen molar-refractivity contribution in [3.63, 3.8) is 0 Å². The maximum absolute atomic E-state index is 13.0. The van der Waals surface area contributed by atoms with Gasteiger partial charge in [0.25, 0.3) is 5.56 Å². The molecular weight excluding hydrogens is 366 g/mol. The van der Waals surface area contributed by atoms with Gasteiger partial charge in [0, 0.05) is 6.54 Å². The van der Waals surface area contributed by atoms with E-state index in [1.807, 2.05) is 41.9 Å². The van der Waals surface area contributed by atoms with Crippen LogP contribution in [0, 0.1) is 18.8 Å². The zero-order chi connectivity index (χ0) is 20.0. The highest BCUT2D eigenvalue weighted by molar-refractivity contribution is 5.81. The summed E-state index contributed by atoms with van der Waals surface area (Å²) in [6, 6.07) is 10.0. The van der Waals surface area contributed by atoms with Crippen LogP contribution in [0.25, 0.3) is 10.9 Å². The number of carbonyl (C=O) groups excluding carboxylic acids is 1. The third kappa shape index (κ3) is 3.69. The molecule has 5 rings (SSSR count). The molecule has 2 heterocycles. The minimum atomic E-state index is -0.250. The fourth-order valence-electron chi connectivity index (χ4n) is 4.02. The van der Waals surface area contributed by atoms with Gasteiger partial charge in [-0.1, -0.05) is 30.3 Å². The van der Waals surface area contributed by atoms with Crippen LogP contribution >= 0.6 is 0 Å². The van der Waals surface area contributed by atoms with Gasteiger partial charge >= 0.3 is 0 Å². The monoisotopic (exact) mass is 391 g/mol. The van der Waals surface area contributed by atoms with Gasteiger partial charge in [-0.25, -0.2) is 4.68 Å². The average molecular weight is 391 g/mol. The number of nitrogens with one attached hydrogen (secondary N) is 1. The summed E-state index contributed by atoms with van der Waals surface area (Å²) < 4.78 is 3.14. The van der Waals surface area contributed by atoms with E-state index in [1.165, 1.54) is 17.5 Å². The molecule has 2 aromatic heterocycles. The lowest BCUT2D eigenvalue weighted by molar-refractivity contribution is -0.122. The molecule has 0 bridgehead atoms. The van der Waals surface area contributed by atoms with Crippen LogP contribution in [0.15, 0.2) is 41.3 Å². The predicted octanol–water partition coefficient (Wildman–Crippen LogP) is 2.58. The molecule has 1 N–H and O–H groups in total. The Morgan fingerprint density at radius 2 is 1.93 bits per heavy atom. The van der Waals surface area contributed by atoms with Crippen molar-refractivity contribution in [3.05, 3.63) is 58.1 Å². The molecule has 7 heteroatoms. The largest absolute Gasteiger partial charge is 0.347 e. The fraction of sp³-hybridized carbons (Fsp3) is 0.455. The van der Waals surface area contributed by atoms with Crippen LogP contribution < -0.4 is 10.9 Å². The third-order valence-corrected chi connectivity index (χ3v) is 5.92. The van der Waals surface area contributed by atoms with E-state index in [-0.39, 0.29) is 24.1 Å². The standard InChI is InChI=1S/C22H25N5O2/c1-14-20-18(26(25-14)12-15-7-8-15)11-23-27(22(20)29)13-19(28)24-21(17-9-10-17)16-5-3-2-4-6-16/h2-6,11,15,17,21H,7-10,12-13H2,1H3,(H,24,28)/t21-/m1/s1. The molecule has 150 valence electrons. The number of benzene rings is 1. The number of amides is 1. The lowest BCUT2D eigenvalue weighted by atomic mass is 10.0. The van der Waals surface area contributed by atoms with Crippen molar-refractivity contribution in [3.8, 4) is 0 Å². The van der Waals surface area contributed by atoms with Crippen molar-refractivity contribution in [2.75, 3.05) is 0 Å². The van der Waals surface area contributed by atoms with Crippen molar-refractivity contribution < 1.29 is 4.79 Å². The first kappa shape index (κ1) is 18.1. The Kier molecular flexibility index (Phi) is 4.45. The summed E-state index contributed by atoms with van der Waals surface area (Å²) in [6.07, 6.45) is 6.33. The number of rotatable bonds is 7. The van der Waals surface area contributed by atoms with Crippen LogP contribution in [0.4, 0.5) is 0 Å². The van der Waals surface area contributed by atoms with E-state index in [0.29, 0.717) is 22.9 Å². The number of aromatic nitrogens is 4. The number of hydrogen-bond acceptors (Lipinski definition) is 4. The normalized spacial score (nSPS) is 17.4. The summed E-state index contributed by atoms with van der Waals surface area (Å²) in [7, 11) is 0. The Morgan fingerprint density at radius 3 is 2.62 bits per heavy atom. The van der Waals surface area contributed by atoms with Crippen LogP contribution in [-0.4, -0.2) is 25.5 Å². The fourth-order valence-corrected chi connectivity index (χ4v) is 4.02. The highest BCUT2D eigenvalue weighted by atomic mass is 16.2. The molecule has 2 aliphatic carbocycles. The van der Waals surface area contributed by atoms with E-state index in [2.05, 4.69) is 15.5 Å². The van der Waals surface area contributed by atoms with Gasteiger partial charge in [-0.2, -0.15) is 10.2 Å². The van der Waals surface area contributed by atoms with Gasteiger partial charge in [-0.15, -0.1) is 0 Å². The predicted molar refractivity (Wildman–Crippen MR) is 109 cm³/mol. The zero-order valence-corrected chi connectivity index (χ0v) is 16.5. The van der Waals surface area contributed by atoms with Gasteiger partial charge in [0.15, 0.2) is 0 Å². The molecule has 1 atom stereocenters. The summed E-state index contributed by atoms with van der Waals surface area (Å²) in [5.74, 6) is 0.933. The number of nitrogens with zero attached hydrogens (tertiary/aromatic N) is 4. The van der Waals surface area contributed by atoms with E-state index in [9.17, 15) is 9.59 Å². The number of carbonyl (C=O) groups is 1. The molecule has 0 saturated heterocycles. The van der Waals surface area contributed by atoms with Gasteiger partial charge in [-0.3, -0.25) is 14.3 Å². The summed E-state index contributed by atoms with van der Waals surface area (Å²) in [4.78, 5) is 25.7. The minimum Gasteiger partial charge on any atom is -0.347 e. The Labute approximate surface area is 168 Å². The Morgan fingerprint density at radius 1 is 1.17 bits per heavy atom. The lowest BCUT2D eigenvalue weighted by Gasteiger charge is -2.19. The first-order valence-corrected chi connectivity index (χ1v) is 10.4. The van der Waals surface area contributed by atoms with Gasteiger partial charge < -0.3 is 5.32 Å². The Balaban J connectivity index is 1.37. The van der Waals surface area contributed by atoms with Gasteiger partial charge in [0.05, 0.1) is 28.8 Å². The molecule has 2 aliphatic rings. The lowest BCUT2D eigenvalue weighted by Crippen LogP contribution is -2.36. The highest BCUT2D eigenvalue weighted by Gasteiger charge is 2.33. The summed E-state index contributed by atoms with van der Waals surface area (Å²) in [5.41, 5.74) is 2.31. The van der Waals surface area contributed by atoms with E-state index in [4.69, 9.17) is 0 Å². The minimum absolute atomic E-state index is 0.00818. The quantitative estimate of drug-likeness (QED) is 0.671. The second kappa shape index (κ2) is 7.13. The SMILES string of the molecule is Cc1nn(CC2CC2)c2cnn(CC(=O)N[C@H](c3ccccc3)C3CC3)c(=O)c12. The topological polar surface area (TPSA) is 81.8 Å². The van der Waals surface area contributed by atoms with E-state index < -0.39 is 0 Å². The first-order valence-electron chi connectivity index (χ1n) is 10.4. The summed E-state index contributed by atoms with van der Waals surface area (Å²) in [6.45, 7) is 2.59. The van der Waals surface area contributed by atoms with Gasteiger partial charge in [0.2, 0.25) is 5.91 Å². The molecule has 0 aliphatic heterocycles. The first-order chi connectivity index (χ1) is 14.1. The molecule has 7 nitrogen and oxygen atoms in total. The highest BCUT2D eigenvalue weighted by Crippen LogP contribution is 2.40. The maximum atomic E-state index is 13.0. The van der Waals surface area contributed by atoms with E-state index >= 15 is 0 Å². The second-order valence-electron chi connectivity index (χ2n) is 8.37. The van der Waals surface area contributed by atoms with Crippen molar-refractivity contribution in [2.45, 2.75) is 51.7 Å². The van der Waals surface area contributed by atoms with Crippen LogP contribution in [0.5, 0.6) is 0 Å². The van der Waals surface area contributed by atoms with Crippen molar-refractivity contribution in [1.29, 1.82) is 0 Å². The molecule has 3 aromatic rings. The van der Waals surface area contributed by atoms with Crippen LogP contribution in [-0.2, 0) is 17.9 Å². The van der Waals surface area contributed by atoms with Gasteiger partial charge in [-0.05, 0) is 50.0 Å². The van der Waals surface area contributed by atoms with Crippen LogP contribution in [0.2, 0.25) is 0 Å². The smallest absolute Gasteiger partial charge is 0.278 e. The Bertz CT molecular complexity index is 1110. The molecular formula is C22H25N5O2. The number of aryl methyl sites for hydroxylation is 1. The molecule has 2 saturated carbocycles. The molecule has 0 unspecified atom stereocenters. The van der Waals surface area contributed by atoms with E-state index in [0.717, 1.165) is 30.5 Å². The number of fused-ring (bicyclic) bond motifs is 1. The summed E-state index contributed by atoms with van der Waals surface area (Å²) in [5, 5.41) is 12.5. The molecule has 0 spiro atoms. The van der Waals surface area contributed by atoms with Crippen molar-refractivity contribution >= 4 is 16.8 Å². The van der Waals surface area contributed by atoms with E-state index in [1.54, 1.807) is 6.20 Å². The molecule has 29 heavy (non-hydrogen) atoms. The van der Waals surface area contributed by atoms with Crippen LogP contribution in [0.3, 0.4) is 0 Å². The third-order valence-electron chi connectivity index (χ3n) is 5.92. The van der Waals surface area contributed by atoms with Crippen molar-refractivity contribution in [2.24, 2.45) is 11.8 Å². The Hall–Kier alpha value is -2.96. The maximum Gasteiger partial charge on any atom is 0.278 e. The average Bonchev–Trinajstić information content (AvgIpc) is 3.63. The molecule has 1 aromatic carbocycles. The number of hydrogen-bond donors (Lipinski definition) is 1.